The van der Waals surface area contributed by atoms with Crippen molar-refractivity contribution in [3.63, 3.8) is 0 Å². The Kier molecular flexibility index (Phi) is 5.16. The minimum atomic E-state index is -0.638. The third-order valence-corrected chi connectivity index (χ3v) is 5.26. The van der Waals surface area contributed by atoms with E-state index >= 15 is 0 Å². The van der Waals surface area contributed by atoms with Crippen molar-refractivity contribution in [3.05, 3.63) is 22.1 Å². The first-order valence-corrected chi connectivity index (χ1v) is 8.40. The highest BCUT2D eigenvalue weighted by Gasteiger charge is 2.46. The Hall–Kier alpha value is -2.10. The highest BCUT2D eigenvalue weighted by molar-refractivity contribution is 8.00. The molecule has 1 aromatic rings. The second kappa shape index (κ2) is 6.80. The molecular weight excluding hydrogens is 336 g/mol. The van der Waals surface area contributed by atoms with Gasteiger partial charge in [-0.15, -0.1) is 11.8 Å². The minimum absolute atomic E-state index is 0.0236. The second-order valence-electron chi connectivity index (χ2n) is 5.90. The van der Waals surface area contributed by atoms with E-state index in [-0.39, 0.29) is 24.9 Å². The Morgan fingerprint density at radius 3 is 2.79 bits per heavy atom. The van der Waals surface area contributed by atoms with Crippen molar-refractivity contribution in [1.29, 1.82) is 0 Å². The highest BCUT2D eigenvalue weighted by Crippen LogP contribution is 2.39. The predicted molar refractivity (Wildman–Crippen MR) is 87.4 cm³/mol. The maximum Gasteiger partial charge on any atom is 0.342 e. The normalized spacial score (nSPS) is 19.3. The first kappa shape index (κ1) is 18.2. The van der Waals surface area contributed by atoms with Gasteiger partial charge in [0.15, 0.2) is 5.82 Å². The van der Waals surface area contributed by atoms with Gasteiger partial charge < -0.3 is 19.8 Å². The van der Waals surface area contributed by atoms with Crippen LogP contribution in [0.5, 0.6) is 0 Å². The molecule has 0 aliphatic carbocycles. The number of nitrogens with zero attached hydrogens (tertiary/aromatic N) is 4. The molecule has 1 amide bonds. The van der Waals surface area contributed by atoms with Crippen LogP contribution in [-0.2, 0) is 20.9 Å². The van der Waals surface area contributed by atoms with Gasteiger partial charge >= 0.3 is 11.8 Å². The van der Waals surface area contributed by atoms with Crippen molar-refractivity contribution >= 4 is 29.5 Å². The number of nitro groups is 1. The van der Waals surface area contributed by atoms with Crippen LogP contribution in [0.2, 0.25) is 0 Å². The van der Waals surface area contributed by atoms with Crippen LogP contribution in [0.15, 0.2) is 6.20 Å². The monoisotopic (exact) mass is 356 g/mol. The van der Waals surface area contributed by atoms with E-state index in [0.29, 0.717) is 11.6 Å². The van der Waals surface area contributed by atoms with Crippen molar-refractivity contribution in [1.82, 2.24) is 14.5 Å². The highest BCUT2D eigenvalue weighted by atomic mass is 32.2. The molecule has 2 heterocycles. The number of aromatic nitrogens is 2. The summed E-state index contributed by atoms with van der Waals surface area (Å²) in [5.41, 5.74) is 0. The number of thioether (sulfide) groups is 1. The largest absolute Gasteiger partial charge is 0.460 e. The van der Waals surface area contributed by atoms with Crippen LogP contribution in [0.4, 0.5) is 5.82 Å². The number of carbonyl (C=O) groups excluding carboxylic acids is 2. The van der Waals surface area contributed by atoms with Crippen LogP contribution in [0, 0.1) is 17.0 Å². The molecule has 24 heavy (non-hydrogen) atoms. The molecule has 1 atom stereocenters. The zero-order valence-electron chi connectivity index (χ0n) is 14.0. The standard InChI is InChI=1S/C14H20N4O5S/c1-9-15-7-12(18(21)22)16(9)5-6-23-13(20)11-8-24-14(3,4)17(11)10(2)19/h7,11H,5-6,8H2,1-4H3/t11-/m0/s1. The molecule has 1 aliphatic rings. The van der Waals surface area contributed by atoms with Crippen LogP contribution in [0.1, 0.15) is 26.6 Å². The molecule has 0 saturated carbocycles. The summed E-state index contributed by atoms with van der Waals surface area (Å²) in [6.45, 7) is 6.94. The Labute approximate surface area is 143 Å². The average Bonchev–Trinajstić information content (AvgIpc) is 2.99. The lowest BCUT2D eigenvalue weighted by atomic mass is 10.2. The molecule has 0 bridgehead atoms. The first-order valence-electron chi connectivity index (χ1n) is 7.42. The van der Waals surface area contributed by atoms with Crippen molar-refractivity contribution in [2.75, 3.05) is 12.4 Å². The number of amides is 1. The van der Waals surface area contributed by atoms with E-state index in [4.69, 9.17) is 4.74 Å². The molecule has 0 spiro atoms. The summed E-state index contributed by atoms with van der Waals surface area (Å²) in [7, 11) is 0. The fourth-order valence-corrected chi connectivity index (χ4v) is 4.03. The first-order chi connectivity index (χ1) is 11.1. The number of carbonyl (C=O) groups is 2. The van der Waals surface area contributed by atoms with Gasteiger partial charge in [-0.05, 0) is 18.8 Å². The number of aryl methyl sites for hydroxylation is 1. The van der Waals surface area contributed by atoms with Gasteiger partial charge in [-0.2, -0.15) is 0 Å². The van der Waals surface area contributed by atoms with E-state index in [1.165, 1.54) is 34.3 Å². The molecule has 0 radical (unpaired) electrons. The zero-order chi connectivity index (χ0) is 18.1. The SMILES string of the molecule is CC(=O)N1[C@H](C(=O)OCCn2c([N+](=O)[O-])cnc2C)CSC1(C)C. The van der Waals surface area contributed by atoms with Gasteiger partial charge in [-0.25, -0.2) is 14.3 Å². The van der Waals surface area contributed by atoms with Crippen LogP contribution in [0.3, 0.4) is 0 Å². The zero-order valence-corrected chi connectivity index (χ0v) is 14.8. The summed E-state index contributed by atoms with van der Waals surface area (Å²) >= 11 is 1.51. The molecule has 1 aliphatic heterocycles. The number of rotatable bonds is 5. The second-order valence-corrected chi connectivity index (χ2v) is 7.52. The molecule has 0 N–H and O–H groups in total. The van der Waals surface area contributed by atoms with Crippen molar-refractivity contribution in [3.8, 4) is 0 Å². The van der Waals surface area contributed by atoms with Crippen LogP contribution >= 0.6 is 11.8 Å². The maximum absolute atomic E-state index is 12.3. The van der Waals surface area contributed by atoms with Gasteiger partial charge in [0.1, 0.15) is 25.4 Å². The van der Waals surface area contributed by atoms with E-state index in [2.05, 4.69) is 4.98 Å². The Morgan fingerprint density at radius 1 is 1.54 bits per heavy atom. The molecule has 10 heteroatoms. The fourth-order valence-electron chi connectivity index (χ4n) is 2.79. The summed E-state index contributed by atoms with van der Waals surface area (Å²) in [5, 5.41) is 10.9. The molecule has 1 saturated heterocycles. The molecular formula is C14H20N4O5S. The van der Waals surface area contributed by atoms with Crippen LogP contribution < -0.4 is 0 Å². The maximum atomic E-state index is 12.3. The predicted octanol–water partition coefficient (Wildman–Crippen LogP) is 1.34. The average molecular weight is 356 g/mol. The lowest BCUT2D eigenvalue weighted by molar-refractivity contribution is -0.392. The van der Waals surface area contributed by atoms with E-state index in [0.717, 1.165) is 0 Å². The van der Waals surface area contributed by atoms with E-state index in [9.17, 15) is 19.7 Å². The van der Waals surface area contributed by atoms with Gasteiger partial charge in [0.05, 0.1) is 4.87 Å². The van der Waals surface area contributed by atoms with E-state index in [1.54, 1.807) is 6.92 Å². The molecule has 132 valence electrons. The Balaban J connectivity index is 1.98. The number of ether oxygens (including phenoxy) is 1. The third kappa shape index (κ3) is 3.53. The molecule has 0 aromatic carbocycles. The summed E-state index contributed by atoms with van der Waals surface area (Å²) < 4.78 is 6.62. The molecule has 2 rings (SSSR count). The van der Waals surface area contributed by atoms with Gasteiger partial charge in [0, 0.05) is 19.6 Å². The fraction of sp³-hybridized carbons (Fsp3) is 0.643. The van der Waals surface area contributed by atoms with Crippen LogP contribution in [0.25, 0.3) is 0 Å². The lowest BCUT2D eigenvalue weighted by Crippen LogP contribution is -2.49. The summed E-state index contributed by atoms with van der Waals surface area (Å²) in [4.78, 5) is 39.4. The van der Waals surface area contributed by atoms with Gasteiger partial charge in [-0.1, -0.05) is 0 Å². The number of hydrogen-bond donors (Lipinski definition) is 0. The minimum Gasteiger partial charge on any atom is -0.460 e. The topological polar surface area (TPSA) is 108 Å². The number of imidazole rings is 1. The summed E-state index contributed by atoms with van der Waals surface area (Å²) in [6.07, 6.45) is 1.17. The number of hydrogen-bond acceptors (Lipinski definition) is 7. The third-order valence-electron chi connectivity index (χ3n) is 3.88. The van der Waals surface area contributed by atoms with Gasteiger partial charge in [0.2, 0.25) is 5.91 Å². The van der Waals surface area contributed by atoms with E-state index in [1.807, 2.05) is 13.8 Å². The summed E-state index contributed by atoms with van der Waals surface area (Å²) in [5.74, 6) is 0.110. The molecule has 1 fully saturated rings. The smallest absolute Gasteiger partial charge is 0.342 e. The lowest BCUT2D eigenvalue weighted by Gasteiger charge is -2.32. The van der Waals surface area contributed by atoms with Gasteiger partial charge in [0.25, 0.3) is 0 Å². The van der Waals surface area contributed by atoms with Crippen LogP contribution in [-0.4, -0.2) is 54.5 Å². The Bertz CT molecular complexity index is 672. The van der Waals surface area contributed by atoms with Crippen molar-refractivity contribution < 1.29 is 19.2 Å². The molecule has 1 aromatic heterocycles. The number of esters is 1. The molecule has 9 nitrogen and oxygen atoms in total. The van der Waals surface area contributed by atoms with Crippen molar-refractivity contribution in [2.24, 2.45) is 0 Å². The van der Waals surface area contributed by atoms with Crippen molar-refractivity contribution in [2.45, 2.75) is 45.2 Å². The quantitative estimate of drug-likeness (QED) is 0.445. The molecule has 0 unspecified atom stereocenters. The van der Waals surface area contributed by atoms with Gasteiger partial charge in [-0.3, -0.25) is 4.79 Å². The van der Waals surface area contributed by atoms with E-state index < -0.39 is 21.8 Å². The Morgan fingerprint density at radius 2 is 2.21 bits per heavy atom. The summed E-state index contributed by atoms with van der Waals surface area (Å²) in [6, 6.07) is -0.638.